The third kappa shape index (κ3) is 4.84. The van der Waals surface area contributed by atoms with Gasteiger partial charge in [0.1, 0.15) is 11.5 Å². The molecule has 0 atom stereocenters. The number of hydrogen-bond acceptors (Lipinski definition) is 7. The fourth-order valence-corrected chi connectivity index (χ4v) is 1.70. The Labute approximate surface area is 137 Å². The second-order valence-electron chi connectivity index (χ2n) is 4.78. The molecule has 2 aromatic carbocycles. The fourth-order valence-electron chi connectivity index (χ4n) is 1.70. The van der Waals surface area contributed by atoms with Crippen LogP contribution in [0.2, 0.25) is 0 Å². The molecule has 24 heavy (non-hydrogen) atoms. The Bertz CT molecular complexity index is 669. The summed E-state index contributed by atoms with van der Waals surface area (Å²) in [4.78, 5) is 34.9. The maximum absolute atomic E-state index is 11.7. The summed E-state index contributed by atoms with van der Waals surface area (Å²) in [6, 6.07) is 10.7. The maximum atomic E-state index is 11.7. The van der Waals surface area contributed by atoms with E-state index in [2.05, 4.69) is 0 Å². The van der Waals surface area contributed by atoms with E-state index in [4.69, 9.17) is 19.7 Å². The SMILES string of the molecule is O=C(COC(=O)c1ccc(O)cc1)COC(=O)c1ccc(O)cc1. The lowest BCUT2D eigenvalue weighted by atomic mass is 10.2. The number of phenolic OH excluding ortho intramolecular Hbond substituents is 2. The Morgan fingerprint density at radius 2 is 1.00 bits per heavy atom. The normalized spacial score (nSPS) is 10.0. The first-order valence-electron chi connectivity index (χ1n) is 6.90. The topological polar surface area (TPSA) is 110 Å². The molecule has 0 bridgehead atoms. The third-order valence-corrected chi connectivity index (χ3v) is 2.93. The fraction of sp³-hybridized carbons (Fsp3) is 0.118. The zero-order valence-corrected chi connectivity index (χ0v) is 12.5. The first-order chi connectivity index (χ1) is 11.5. The van der Waals surface area contributed by atoms with Gasteiger partial charge < -0.3 is 19.7 Å². The molecule has 0 aliphatic rings. The zero-order valence-electron chi connectivity index (χ0n) is 12.5. The quantitative estimate of drug-likeness (QED) is 0.775. The number of carbonyl (C=O) groups is 3. The highest BCUT2D eigenvalue weighted by Crippen LogP contribution is 2.11. The third-order valence-electron chi connectivity index (χ3n) is 2.93. The largest absolute Gasteiger partial charge is 0.508 e. The Hall–Kier alpha value is -3.35. The van der Waals surface area contributed by atoms with Crippen LogP contribution in [0, 0.1) is 0 Å². The number of hydrogen-bond donors (Lipinski definition) is 2. The van der Waals surface area contributed by atoms with Crippen molar-refractivity contribution in [3.05, 3.63) is 59.7 Å². The molecule has 0 heterocycles. The number of benzene rings is 2. The van der Waals surface area contributed by atoms with Gasteiger partial charge in [-0.05, 0) is 48.5 Å². The van der Waals surface area contributed by atoms with E-state index in [0.717, 1.165) is 0 Å². The summed E-state index contributed by atoms with van der Waals surface area (Å²) in [7, 11) is 0. The van der Waals surface area contributed by atoms with Crippen LogP contribution in [0.3, 0.4) is 0 Å². The second-order valence-corrected chi connectivity index (χ2v) is 4.78. The van der Waals surface area contributed by atoms with Crippen LogP contribution in [-0.2, 0) is 14.3 Å². The molecule has 2 rings (SSSR count). The predicted molar refractivity (Wildman–Crippen MR) is 81.8 cm³/mol. The van der Waals surface area contributed by atoms with Crippen LogP contribution < -0.4 is 0 Å². The van der Waals surface area contributed by atoms with Crippen molar-refractivity contribution in [1.29, 1.82) is 0 Å². The smallest absolute Gasteiger partial charge is 0.338 e. The van der Waals surface area contributed by atoms with Gasteiger partial charge >= 0.3 is 11.9 Å². The molecule has 0 fully saturated rings. The Kier molecular flexibility index (Phi) is 5.51. The van der Waals surface area contributed by atoms with Gasteiger partial charge in [-0.2, -0.15) is 0 Å². The van der Waals surface area contributed by atoms with Crippen LogP contribution in [0.15, 0.2) is 48.5 Å². The van der Waals surface area contributed by atoms with E-state index in [0.29, 0.717) is 0 Å². The van der Waals surface area contributed by atoms with Crippen molar-refractivity contribution >= 4 is 17.7 Å². The van der Waals surface area contributed by atoms with E-state index in [1.54, 1.807) is 0 Å². The lowest BCUT2D eigenvalue weighted by molar-refractivity contribution is -0.125. The molecule has 7 nitrogen and oxygen atoms in total. The van der Waals surface area contributed by atoms with Gasteiger partial charge in [0, 0.05) is 0 Å². The molecule has 0 amide bonds. The van der Waals surface area contributed by atoms with Gasteiger partial charge in [0.15, 0.2) is 13.2 Å². The molecule has 2 N–H and O–H groups in total. The molecule has 0 saturated heterocycles. The molecule has 0 unspecified atom stereocenters. The van der Waals surface area contributed by atoms with Gasteiger partial charge in [-0.25, -0.2) is 9.59 Å². The standard InChI is InChI=1S/C17H14O7/c18-13-5-1-11(2-6-13)16(21)23-9-15(20)10-24-17(22)12-3-7-14(19)8-4-12/h1-8,18-19H,9-10H2. The first-order valence-corrected chi connectivity index (χ1v) is 6.90. The van der Waals surface area contributed by atoms with Crippen molar-refractivity contribution < 1.29 is 34.1 Å². The maximum Gasteiger partial charge on any atom is 0.338 e. The number of phenols is 2. The van der Waals surface area contributed by atoms with E-state index < -0.39 is 30.9 Å². The molecule has 0 aliphatic carbocycles. The Morgan fingerprint density at radius 1 is 0.667 bits per heavy atom. The summed E-state index contributed by atoms with van der Waals surface area (Å²) in [5, 5.41) is 18.2. The van der Waals surface area contributed by atoms with E-state index in [1.807, 2.05) is 0 Å². The van der Waals surface area contributed by atoms with Crippen LogP contribution in [0.25, 0.3) is 0 Å². The lowest BCUT2D eigenvalue weighted by Crippen LogP contribution is -2.20. The molecule has 124 valence electrons. The van der Waals surface area contributed by atoms with Gasteiger partial charge in [0.2, 0.25) is 5.78 Å². The van der Waals surface area contributed by atoms with Crippen LogP contribution in [0.1, 0.15) is 20.7 Å². The minimum absolute atomic E-state index is 0.00349. The molecule has 0 radical (unpaired) electrons. The predicted octanol–water partition coefficient (Wildman–Crippen LogP) is 1.68. The number of aromatic hydroxyl groups is 2. The van der Waals surface area contributed by atoms with Crippen LogP contribution >= 0.6 is 0 Å². The van der Waals surface area contributed by atoms with E-state index in [-0.39, 0.29) is 22.6 Å². The number of esters is 2. The highest BCUT2D eigenvalue weighted by Gasteiger charge is 2.13. The van der Waals surface area contributed by atoms with E-state index in [9.17, 15) is 14.4 Å². The monoisotopic (exact) mass is 330 g/mol. The van der Waals surface area contributed by atoms with Crippen molar-refractivity contribution in [2.24, 2.45) is 0 Å². The number of rotatable bonds is 6. The minimum Gasteiger partial charge on any atom is -0.508 e. The lowest BCUT2D eigenvalue weighted by Gasteiger charge is -2.06. The molecule has 0 spiro atoms. The number of ether oxygens (including phenoxy) is 2. The van der Waals surface area contributed by atoms with Gasteiger partial charge in [0.05, 0.1) is 11.1 Å². The van der Waals surface area contributed by atoms with Crippen molar-refractivity contribution in [3.8, 4) is 11.5 Å². The van der Waals surface area contributed by atoms with Crippen LogP contribution in [0.4, 0.5) is 0 Å². The molecular formula is C17H14O7. The van der Waals surface area contributed by atoms with Gasteiger partial charge in [-0.15, -0.1) is 0 Å². The van der Waals surface area contributed by atoms with Crippen LogP contribution in [0.5, 0.6) is 11.5 Å². The van der Waals surface area contributed by atoms with Crippen molar-refractivity contribution in [3.63, 3.8) is 0 Å². The summed E-state index contributed by atoms with van der Waals surface area (Å²) < 4.78 is 9.58. The minimum atomic E-state index is -0.729. The van der Waals surface area contributed by atoms with Gasteiger partial charge in [-0.1, -0.05) is 0 Å². The van der Waals surface area contributed by atoms with Crippen LogP contribution in [-0.4, -0.2) is 41.1 Å². The highest BCUT2D eigenvalue weighted by molar-refractivity contribution is 5.94. The first kappa shape index (κ1) is 17.0. The van der Waals surface area contributed by atoms with Gasteiger partial charge in [-0.3, -0.25) is 4.79 Å². The number of Topliss-reactive ketones (excluding diaryl/α,β-unsaturated/α-hetero) is 1. The average molecular weight is 330 g/mol. The van der Waals surface area contributed by atoms with Crippen molar-refractivity contribution in [2.75, 3.05) is 13.2 Å². The second kappa shape index (κ2) is 7.77. The summed E-state index contributed by atoms with van der Waals surface area (Å²) in [5.74, 6) is -2.04. The highest BCUT2D eigenvalue weighted by atomic mass is 16.6. The zero-order chi connectivity index (χ0) is 17.5. The Morgan fingerprint density at radius 3 is 1.33 bits per heavy atom. The molecule has 0 aliphatic heterocycles. The van der Waals surface area contributed by atoms with E-state index in [1.165, 1.54) is 48.5 Å². The molecular weight excluding hydrogens is 316 g/mol. The number of ketones is 1. The van der Waals surface area contributed by atoms with E-state index >= 15 is 0 Å². The van der Waals surface area contributed by atoms with Gasteiger partial charge in [0.25, 0.3) is 0 Å². The number of carbonyl (C=O) groups excluding carboxylic acids is 3. The van der Waals surface area contributed by atoms with Crippen molar-refractivity contribution in [1.82, 2.24) is 0 Å². The van der Waals surface area contributed by atoms with Crippen molar-refractivity contribution in [2.45, 2.75) is 0 Å². The summed E-state index contributed by atoms with van der Waals surface area (Å²) in [5.41, 5.74) is 0.364. The molecule has 0 saturated carbocycles. The summed E-state index contributed by atoms with van der Waals surface area (Å²) in [6.45, 7) is -1.08. The average Bonchev–Trinajstić information content (AvgIpc) is 2.58. The summed E-state index contributed by atoms with van der Waals surface area (Å²) >= 11 is 0. The molecule has 0 aromatic heterocycles. The molecule has 7 heteroatoms. The molecule has 2 aromatic rings. The Balaban J connectivity index is 1.77. The summed E-state index contributed by atoms with van der Waals surface area (Å²) in [6.07, 6.45) is 0.